The van der Waals surface area contributed by atoms with Gasteiger partial charge in [0.1, 0.15) is 6.04 Å². The van der Waals surface area contributed by atoms with Crippen LogP contribution >= 0.6 is 11.8 Å². The smallest absolute Gasteiger partial charge is 0.251 e. The minimum atomic E-state index is -0.514. The maximum absolute atomic E-state index is 13.1. The van der Waals surface area contributed by atoms with Crippen molar-refractivity contribution in [3.63, 3.8) is 0 Å². The molecular formula is C20H25N5O2S. The second kappa shape index (κ2) is 10.1. The molecule has 0 aliphatic carbocycles. The van der Waals surface area contributed by atoms with Crippen molar-refractivity contribution in [2.45, 2.75) is 12.5 Å². The van der Waals surface area contributed by atoms with Crippen molar-refractivity contribution in [2.75, 3.05) is 43.1 Å². The van der Waals surface area contributed by atoms with Crippen molar-refractivity contribution in [3.8, 4) is 0 Å². The van der Waals surface area contributed by atoms with Gasteiger partial charge in [0, 0.05) is 44.1 Å². The van der Waals surface area contributed by atoms with Crippen molar-refractivity contribution in [3.05, 3.63) is 54.4 Å². The van der Waals surface area contributed by atoms with Gasteiger partial charge in [0.2, 0.25) is 11.9 Å². The lowest BCUT2D eigenvalue weighted by Crippen LogP contribution is -2.55. The Kier molecular flexibility index (Phi) is 7.25. The molecule has 28 heavy (non-hydrogen) atoms. The highest BCUT2D eigenvalue weighted by molar-refractivity contribution is 7.98. The average Bonchev–Trinajstić information content (AvgIpc) is 2.77. The molecule has 1 N–H and O–H groups in total. The van der Waals surface area contributed by atoms with E-state index in [4.69, 9.17) is 0 Å². The highest BCUT2D eigenvalue weighted by Crippen LogP contribution is 2.13. The molecule has 0 unspecified atom stereocenters. The monoisotopic (exact) mass is 399 g/mol. The molecule has 8 heteroatoms. The number of rotatable bonds is 7. The van der Waals surface area contributed by atoms with E-state index < -0.39 is 6.04 Å². The summed E-state index contributed by atoms with van der Waals surface area (Å²) in [6.45, 7) is 2.54. The number of benzene rings is 1. The number of nitrogens with zero attached hydrogens (tertiary/aromatic N) is 4. The van der Waals surface area contributed by atoms with Gasteiger partial charge in [-0.1, -0.05) is 18.2 Å². The molecule has 1 aliphatic heterocycles. The Morgan fingerprint density at radius 2 is 1.75 bits per heavy atom. The number of hydrogen-bond acceptors (Lipinski definition) is 6. The quantitative estimate of drug-likeness (QED) is 0.763. The van der Waals surface area contributed by atoms with Gasteiger partial charge in [0.15, 0.2) is 0 Å². The first-order valence-corrected chi connectivity index (χ1v) is 10.7. The molecule has 0 radical (unpaired) electrons. The first kappa shape index (κ1) is 20.1. The molecule has 7 nitrogen and oxygen atoms in total. The summed E-state index contributed by atoms with van der Waals surface area (Å²) in [6.07, 6.45) is 6.05. The SMILES string of the molecule is CSCC[C@H](NC(=O)c1ccccc1)C(=O)N1CCN(c2ncccn2)CC1. The van der Waals surface area contributed by atoms with Crippen LogP contribution in [0.2, 0.25) is 0 Å². The molecule has 1 aromatic carbocycles. The molecule has 1 saturated heterocycles. The largest absolute Gasteiger partial charge is 0.340 e. The molecule has 0 bridgehead atoms. The molecule has 1 atom stereocenters. The number of carbonyl (C=O) groups excluding carboxylic acids is 2. The van der Waals surface area contributed by atoms with Gasteiger partial charge in [-0.2, -0.15) is 11.8 Å². The summed E-state index contributed by atoms with van der Waals surface area (Å²) >= 11 is 1.67. The Morgan fingerprint density at radius 1 is 1.07 bits per heavy atom. The normalized spacial score (nSPS) is 15.2. The van der Waals surface area contributed by atoms with Gasteiger partial charge in [-0.3, -0.25) is 9.59 Å². The number of piperazine rings is 1. The topological polar surface area (TPSA) is 78.4 Å². The summed E-state index contributed by atoms with van der Waals surface area (Å²) in [4.78, 5) is 38.0. The van der Waals surface area contributed by atoms with Gasteiger partial charge in [0.25, 0.3) is 5.91 Å². The summed E-state index contributed by atoms with van der Waals surface area (Å²) in [5.74, 6) is 1.26. The van der Waals surface area contributed by atoms with Crippen LogP contribution in [-0.2, 0) is 4.79 Å². The summed E-state index contributed by atoms with van der Waals surface area (Å²) in [7, 11) is 0. The van der Waals surface area contributed by atoms with Crippen LogP contribution in [0.4, 0.5) is 5.95 Å². The lowest BCUT2D eigenvalue weighted by molar-refractivity contribution is -0.133. The number of amides is 2. The zero-order valence-electron chi connectivity index (χ0n) is 16.0. The third-order valence-corrected chi connectivity index (χ3v) is 5.32. The lowest BCUT2D eigenvalue weighted by atomic mass is 10.1. The maximum Gasteiger partial charge on any atom is 0.251 e. The third kappa shape index (κ3) is 5.22. The van der Waals surface area contributed by atoms with Crippen LogP contribution in [0.3, 0.4) is 0 Å². The number of nitrogens with one attached hydrogen (secondary N) is 1. The molecule has 2 amide bonds. The molecule has 0 saturated carbocycles. The maximum atomic E-state index is 13.1. The first-order chi connectivity index (χ1) is 13.7. The van der Waals surface area contributed by atoms with Gasteiger partial charge in [-0.25, -0.2) is 9.97 Å². The van der Waals surface area contributed by atoms with Crippen molar-refractivity contribution in [1.29, 1.82) is 0 Å². The fourth-order valence-electron chi connectivity index (χ4n) is 3.13. The van der Waals surface area contributed by atoms with E-state index in [-0.39, 0.29) is 11.8 Å². The summed E-state index contributed by atoms with van der Waals surface area (Å²) < 4.78 is 0. The van der Waals surface area contributed by atoms with Crippen LogP contribution in [0.25, 0.3) is 0 Å². The van der Waals surface area contributed by atoms with Crippen molar-refractivity contribution in [2.24, 2.45) is 0 Å². The molecule has 148 valence electrons. The zero-order valence-corrected chi connectivity index (χ0v) is 16.8. The van der Waals surface area contributed by atoms with Gasteiger partial charge >= 0.3 is 0 Å². The predicted octanol–water partition coefficient (Wildman–Crippen LogP) is 1.68. The Balaban J connectivity index is 1.61. The van der Waals surface area contributed by atoms with E-state index in [1.165, 1.54) is 0 Å². The Hall–Kier alpha value is -2.61. The molecule has 0 spiro atoms. The van der Waals surface area contributed by atoms with E-state index in [2.05, 4.69) is 20.2 Å². The second-order valence-electron chi connectivity index (χ2n) is 6.53. The molecule has 1 aromatic heterocycles. The van der Waals surface area contributed by atoms with Gasteiger partial charge in [0.05, 0.1) is 0 Å². The first-order valence-electron chi connectivity index (χ1n) is 9.34. The molecule has 2 aromatic rings. The molecule has 3 rings (SSSR count). The fourth-order valence-corrected chi connectivity index (χ4v) is 3.60. The van der Waals surface area contributed by atoms with E-state index in [1.807, 2.05) is 29.4 Å². The zero-order chi connectivity index (χ0) is 19.8. The average molecular weight is 400 g/mol. The van der Waals surface area contributed by atoms with E-state index >= 15 is 0 Å². The predicted molar refractivity (Wildman–Crippen MR) is 112 cm³/mol. The number of anilines is 1. The number of carbonyl (C=O) groups is 2. The number of aromatic nitrogens is 2. The van der Waals surface area contributed by atoms with Crippen molar-refractivity contribution < 1.29 is 9.59 Å². The van der Waals surface area contributed by atoms with E-state index in [1.54, 1.807) is 42.4 Å². The fraction of sp³-hybridized carbons (Fsp3) is 0.400. The van der Waals surface area contributed by atoms with E-state index in [0.29, 0.717) is 44.1 Å². The highest BCUT2D eigenvalue weighted by atomic mass is 32.2. The summed E-state index contributed by atoms with van der Waals surface area (Å²) in [5.41, 5.74) is 0.565. The van der Waals surface area contributed by atoms with Gasteiger partial charge in [-0.15, -0.1) is 0 Å². The van der Waals surface area contributed by atoms with E-state index in [9.17, 15) is 9.59 Å². The number of thioether (sulfide) groups is 1. The standard InChI is InChI=1S/C20H25N5O2S/c1-28-15-8-17(23-18(26)16-6-3-2-4-7-16)19(27)24-11-13-25(14-12-24)20-21-9-5-10-22-20/h2-7,9-10,17H,8,11-15H2,1H3,(H,23,26)/t17-/m0/s1. The van der Waals surface area contributed by atoms with E-state index in [0.717, 1.165) is 5.75 Å². The van der Waals surface area contributed by atoms with Crippen LogP contribution < -0.4 is 10.2 Å². The third-order valence-electron chi connectivity index (χ3n) is 4.68. The van der Waals surface area contributed by atoms with Crippen molar-refractivity contribution in [1.82, 2.24) is 20.2 Å². The van der Waals surface area contributed by atoms with Crippen LogP contribution in [0.15, 0.2) is 48.8 Å². The Labute approximate surface area is 169 Å². The molecule has 1 fully saturated rings. The molecule has 2 heterocycles. The molecule has 1 aliphatic rings. The Morgan fingerprint density at radius 3 is 2.39 bits per heavy atom. The van der Waals surface area contributed by atoms with Crippen molar-refractivity contribution >= 4 is 29.5 Å². The lowest BCUT2D eigenvalue weighted by Gasteiger charge is -2.36. The van der Waals surface area contributed by atoms with Crippen LogP contribution in [0, 0.1) is 0 Å². The highest BCUT2D eigenvalue weighted by Gasteiger charge is 2.29. The van der Waals surface area contributed by atoms with Gasteiger partial charge in [-0.05, 0) is 36.6 Å². The van der Waals surface area contributed by atoms with Crippen LogP contribution in [0.5, 0.6) is 0 Å². The number of hydrogen-bond donors (Lipinski definition) is 1. The second-order valence-corrected chi connectivity index (χ2v) is 7.52. The Bertz CT molecular complexity index is 767. The summed E-state index contributed by atoms with van der Waals surface area (Å²) in [5, 5.41) is 2.93. The van der Waals surface area contributed by atoms with Gasteiger partial charge < -0.3 is 15.1 Å². The van der Waals surface area contributed by atoms with Crippen LogP contribution in [0.1, 0.15) is 16.8 Å². The summed E-state index contributed by atoms with van der Waals surface area (Å²) in [6, 6.07) is 10.3. The van der Waals surface area contributed by atoms with Crippen LogP contribution in [-0.4, -0.2) is 70.9 Å². The minimum Gasteiger partial charge on any atom is -0.340 e. The minimum absolute atomic E-state index is 0.0213. The molecular weight excluding hydrogens is 374 g/mol.